The molecule has 1 saturated carbocycles. The quantitative estimate of drug-likeness (QED) is 0.637. The third-order valence-corrected chi connectivity index (χ3v) is 3.78. The van der Waals surface area contributed by atoms with Gasteiger partial charge < -0.3 is 0 Å². The van der Waals surface area contributed by atoms with E-state index in [-0.39, 0.29) is 0 Å². The molecule has 2 atom stereocenters. The molecule has 2 bridgehead atoms. The Balaban J connectivity index is 2.24. The summed E-state index contributed by atoms with van der Waals surface area (Å²) in [5, 5.41) is 17.9. The topological polar surface area (TPSA) is 47.6 Å². The minimum Gasteiger partial charge on any atom is -0.192 e. The molecule has 15 heavy (non-hydrogen) atoms. The van der Waals surface area contributed by atoms with Crippen LogP contribution in [-0.4, -0.2) is 0 Å². The molecule has 3 rings (SSSR count). The molecular formula is C13H10N2. The first-order valence-electron chi connectivity index (χ1n) is 5.31. The molecular weight excluding hydrogens is 184 g/mol. The fourth-order valence-electron chi connectivity index (χ4n) is 3.07. The summed E-state index contributed by atoms with van der Waals surface area (Å²) in [6.45, 7) is 0. The SMILES string of the molecule is N#Cc1cc2c(cc1C#N)C1CCC2C1. The van der Waals surface area contributed by atoms with E-state index in [1.807, 2.05) is 12.1 Å². The van der Waals surface area contributed by atoms with Gasteiger partial charge in [0.1, 0.15) is 12.1 Å². The first-order chi connectivity index (χ1) is 7.33. The van der Waals surface area contributed by atoms with Gasteiger partial charge in [-0.1, -0.05) is 0 Å². The standard InChI is InChI=1S/C13H10N2/c14-6-10-4-12-8-1-2-9(3-8)13(12)5-11(10)7-15/h4-5,8-9H,1-3H2. The van der Waals surface area contributed by atoms with Crippen molar-refractivity contribution in [2.45, 2.75) is 31.1 Å². The van der Waals surface area contributed by atoms with Crippen LogP contribution in [0.3, 0.4) is 0 Å². The molecule has 0 N–H and O–H groups in total. The number of hydrogen-bond acceptors (Lipinski definition) is 2. The number of nitrogens with zero attached hydrogens (tertiary/aromatic N) is 2. The minimum atomic E-state index is 0.545. The van der Waals surface area contributed by atoms with Crippen molar-refractivity contribution in [3.05, 3.63) is 34.4 Å². The van der Waals surface area contributed by atoms with Crippen molar-refractivity contribution in [1.29, 1.82) is 10.5 Å². The average molecular weight is 194 g/mol. The van der Waals surface area contributed by atoms with Crippen LogP contribution < -0.4 is 0 Å². The molecule has 0 spiro atoms. The number of rotatable bonds is 0. The molecule has 1 aromatic carbocycles. The van der Waals surface area contributed by atoms with E-state index >= 15 is 0 Å². The fraction of sp³-hybridized carbons (Fsp3) is 0.385. The molecule has 0 saturated heterocycles. The van der Waals surface area contributed by atoms with E-state index in [2.05, 4.69) is 12.1 Å². The van der Waals surface area contributed by atoms with Gasteiger partial charge in [-0.05, 0) is 54.4 Å². The van der Waals surface area contributed by atoms with Gasteiger partial charge in [-0.15, -0.1) is 0 Å². The molecule has 0 amide bonds. The second-order valence-corrected chi connectivity index (χ2v) is 4.46. The second kappa shape index (κ2) is 2.84. The van der Waals surface area contributed by atoms with Gasteiger partial charge in [0, 0.05) is 0 Å². The summed E-state index contributed by atoms with van der Waals surface area (Å²) in [6, 6.07) is 8.11. The van der Waals surface area contributed by atoms with E-state index < -0.39 is 0 Å². The highest BCUT2D eigenvalue weighted by Gasteiger charge is 2.37. The van der Waals surface area contributed by atoms with Gasteiger partial charge in [-0.2, -0.15) is 10.5 Å². The van der Waals surface area contributed by atoms with Crippen molar-refractivity contribution in [3.8, 4) is 12.1 Å². The van der Waals surface area contributed by atoms with Gasteiger partial charge >= 0.3 is 0 Å². The fourth-order valence-corrected chi connectivity index (χ4v) is 3.07. The largest absolute Gasteiger partial charge is 0.192 e. The van der Waals surface area contributed by atoms with Crippen molar-refractivity contribution in [1.82, 2.24) is 0 Å². The molecule has 2 aliphatic rings. The van der Waals surface area contributed by atoms with Crippen LogP contribution in [0.4, 0.5) is 0 Å². The molecule has 1 aromatic rings. The molecule has 72 valence electrons. The van der Waals surface area contributed by atoms with Crippen molar-refractivity contribution in [2.75, 3.05) is 0 Å². The Bertz CT molecular complexity index is 470. The first-order valence-corrected chi connectivity index (χ1v) is 5.31. The predicted molar refractivity (Wildman–Crippen MR) is 55.2 cm³/mol. The normalized spacial score (nSPS) is 25.7. The molecule has 2 aliphatic carbocycles. The van der Waals surface area contributed by atoms with Crippen molar-refractivity contribution < 1.29 is 0 Å². The highest BCUT2D eigenvalue weighted by atomic mass is 14.4. The highest BCUT2D eigenvalue weighted by molar-refractivity contribution is 5.54. The number of hydrogen-bond donors (Lipinski definition) is 0. The van der Waals surface area contributed by atoms with Crippen molar-refractivity contribution in [2.24, 2.45) is 0 Å². The van der Waals surface area contributed by atoms with Gasteiger partial charge in [-0.25, -0.2) is 0 Å². The molecule has 0 radical (unpaired) electrons. The van der Waals surface area contributed by atoms with Crippen LogP contribution in [-0.2, 0) is 0 Å². The molecule has 2 unspecified atom stereocenters. The zero-order chi connectivity index (χ0) is 10.4. The highest BCUT2D eigenvalue weighted by Crippen LogP contribution is 2.53. The lowest BCUT2D eigenvalue weighted by atomic mass is 9.88. The summed E-state index contributed by atoms with van der Waals surface area (Å²) in [5.74, 6) is 1.31. The lowest BCUT2D eigenvalue weighted by Gasteiger charge is -2.15. The van der Waals surface area contributed by atoms with E-state index in [4.69, 9.17) is 10.5 Å². The van der Waals surface area contributed by atoms with Gasteiger partial charge in [0.15, 0.2) is 0 Å². The summed E-state index contributed by atoms with van der Waals surface area (Å²) in [6.07, 6.45) is 3.75. The predicted octanol–water partition coefficient (Wildman–Crippen LogP) is 2.79. The average Bonchev–Trinajstić information content (AvgIpc) is 2.88. The summed E-state index contributed by atoms with van der Waals surface area (Å²) < 4.78 is 0. The molecule has 0 heterocycles. The van der Waals surface area contributed by atoms with Crippen LogP contribution in [0.5, 0.6) is 0 Å². The molecule has 1 fully saturated rings. The molecule has 2 heteroatoms. The monoisotopic (exact) mass is 194 g/mol. The summed E-state index contributed by atoms with van der Waals surface area (Å²) >= 11 is 0. The maximum absolute atomic E-state index is 8.95. The second-order valence-electron chi connectivity index (χ2n) is 4.46. The van der Waals surface area contributed by atoms with E-state index in [1.54, 1.807) is 0 Å². The Morgan fingerprint density at radius 3 is 1.80 bits per heavy atom. The zero-order valence-electron chi connectivity index (χ0n) is 8.33. The Labute approximate surface area is 88.8 Å². The van der Waals surface area contributed by atoms with Crippen LogP contribution in [0.2, 0.25) is 0 Å². The lowest BCUT2D eigenvalue weighted by molar-refractivity contribution is 0.717. The Hall–Kier alpha value is -1.80. The van der Waals surface area contributed by atoms with Crippen LogP contribution >= 0.6 is 0 Å². The van der Waals surface area contributed by atoms with Gasteiger partial charge in [0.25, 0.3) is 0 Å². The van der Waals surface area contributed by atoms with Crippen LogP contribution in [0.15, 0.2) is 12.1 Å². The minimum absolute atomic E-state index is 0.545. The van der Waals surface area contributed by atoms with Crippen molar-refractivity contribution in [3.63, 3.8) is 0 Å². The van der Waals surface area contributed by atoms with Gasteiger partial charge in [-0.3, -0.25) is 0 Å². The molecule has 0 aliphatic heterocycles. The number of benzene rings is 1. The summed E-state index contributed by atoms with van der Waals surface area (Å²) in [4.78, 5) is 0. The van der Waals surface area contributed by atoms with E-state index in [9.17, 15) is 0 Å². The smallest absolute Gasteiger partial charge is 0.101 e. The van der Waals surface area contributed by atoms with E-state index in [0.717, 1.165) is 0 Å². The Morgan fingerprint density at radius 2 is 1.40 bits per heavy atom. The summed E-state index contributed by atoms with van der Waals surface area (Å²) in [5.41, 5.74) is 3.76. The van der Waals surface area contributed by atoms with Crippen LogP contribution in [0, 0.1) is 22.7 Å². The Kier molecular flexibility index (Phi) is 1.61. The third kappa shape index (κ3) is 1.02. The zero-order valence-corrected chi connectivity index (χ0v) is 8.33. The molecule has 0 aromatic heterocycles. The van der Waals surface area contributed by atoms with Crippen molar-refractivity contribution >= 4 is 0 Å². The number of fused-ring (bicyclic) bond motifs is 5. The van der Waals surface area contributed by atoms with Gasteiger partial charge in [0.2, 0.25) is 0 Å². The summed E-state index contributed by atoms with van der Waals surface area (Å²) in [7, 11) is 0. The maximum atomic E-state index is 8.95. The van der Waals surface area contributed by atoms with Crippen LogP contribution in [0.1, 0.15) is 53.4 Å². The first kappa shape index (κ1) is 8.50. The molecule has 2 nitrogen and oxygen atoms in total. The maximum Gasteiger partial charge on any atom is 0.101 e. The van der Waals surface area contributed by atoms with E-state index in [1.165, 1.54) is 30.4 Å². The van der Waals surface area contributed by atoms with Gasteiger partial charge in [0.05, 0.1) is 11.1 Å². The Morgan fingerprint density at radius 1 is 0.933 bits per heavy atom. The number of nitriles is 2. The van der Waals surface area contributed by atoms with E-state index in [0.29, 0.717) is 23.0 Å². The lowest BCUT2D eigenvalue weighted by Crippen LogP contribution is -2.00. The third-order valence-electron chi connectivity index (χ3n) is 3.78. The van der Waals surface area contributed by atoms with Crippen LogP contribution in [0.25, 0.3) is 0 Å².